The predicted molar refractivity (Wildman–Crippen MR) is 76.8 cm³/mol. The highest BCUT2D eigenvalue weighted by molar-refractivity contribution is 6.76. The molecule has 0 aromatic heterocycles. The Morgan fingerprint density at radius 2 is 1.56 bits per heavy atom. The number of nitrogens with one attached hydrogen (secondary N) is 1. The van der Waals surface area contributed by atoms with Gasteiger partial charge < -0.3 is 5.32 Å². The summed E-state index contributed by atoms with van der Waals surface area (Å²) in [6.45, 7) is 15.6. The number of hydrogen-bond donors (Lipinski definition) is 1. The molecule has 0 aromatic rings. The third-order valence-corrected chi connectivity index (χ3v) is 5.37. The summed E-state index contributed by atoms with van der Waals surface area (Å²) in [5.41, 5.74) is 0.910. The van der Waals surface area contributed by atoms with Crippen molar-refractivity contribution in [1.82, 2.24) is 5.32 Å². The zero-order valence-corrected chi connectivity index (χ0v) is 13.2. The van der Waals surface area contributed by atoms with Crippen LogP contribution in [-0.2, 0) is 0 Å². The molecule has 0 atom stereocenters. The third kappa shape index (κ3) is 5.01. The largest absolute Gasteiger partial charge is 0.312 e. The molecule has 1 aliphatic carbocycles. The first-order valence-corrected chi connectivity index (χ1v) is 10.6. The zero-order chi connectivity index (χ0) is 12.4. The monoisotopic (exact) mass is 241 g/mol. The van der Waals surface area contributed by atoms with Crippen molar-refractivity contribution in [3.8, 4) is 0 Å². The minimum absolute atomic E-state index is 0.273. The molecule has 0 radical (unpaired) electrons. The Balaban J connectivity index is 2.59. The molecule has 0 amide bonds. The van der Waals surface area contributed by atoms with Gasteiger partial charge in [0.15, 0.2) is 0 Å². The van der Waals surface area contributed by atoms with Gasteiger partial charge in [0, 0.05) is 20.2 Å². The van der Waals surface area contributed by atoms with Crippen molar-refractivity contribution in [2.75, 3.05) is 6.54 Å². The van der Waals surface area contributed by atoms with Crippen LogP contribution in [0.4, 0.5) is 0 Å². The van der Waals surface area contributed by atoms with Crippen molar-refractivity contribution in [1.29, 1.82) is 0 Å². The van der Waals surface area contributed by atoms with Crippen molar-refractivity contribution in [3.05, 3.63) is 0 Å². The first-order chi connectivity index (χ1) is 7.12. The van der Waals surface area contributed by atoms with Gasteiger partial charge in [-0.3, -0.25) is 0 Å². The SMILES string of the molecule is CC(C)(C)NCC1(C[Si](C)(C)C)CCCC1. The number of hydrogen-bond acceptors (Lipinski definition) is 1. The molecule has 0 bridgehead atoms. The lowest BCUT2D eigenvalue weighted by Gasteiger charge is -2.37. The summed E-state index contributed by atoms with van der Waals surface area (Å²) in [5, 5.41) is 3.75. The Labute approximate surface area is 103 Å². The molecular formula is C14H31NSi. The van der Waals surface area contributed by atoms with Crippen LogP contribution in [-0.4, -0.2) is 20.2 Å². The molecule has 16 heavy (non-hydrogen) atoms. The van der Waals surface area contributed by atoms with Crippen LogP contribution in [0, 0.1) is 5.41 Å². The summed E-state index contributed by atoms with van der Waals surface area (Å²) >= 11 is 0. The highest BCUT2D eigenvalue weighted by atomic mass is 28.3. The molecule has 0 spiro atoms. The Morgan fingerprint density at radius 3 is 1.94 bits per heavy atom. The van der Waals surface area contributed by atoms with Crippen LogP contribution in [0.15, 0.2) is 0 Å². The molecule has 0 saturated heterocycles. The molecule has 1 rings (SSSR count). The summed E-state index contributed by atoms with van der Waals surface area (Å²) in [6, 6.07) is 1.50. The average molecular weight is 241 g/mol. The molecule has 0 heterocycles. The van der Waals surface area contributed by atoms with Gasteiger partial charge in [0.1, 0.15) is 0 Å². The van der Waals surface area contributed by atoms with E-state index < -0.39 is 8.07 Å². The topological polar surface area (TPSA) is 12.0 Å². The van der Waals surface area contributed by atoms with E-state index in [1.807, 2.05) is 0 Å². The van der Waals surface area contributed by atoms with E-state index in [1.54, 1.807) is 0 Å². The van der Waals surface area contributed by atoms with Gasteiger partial charge in [-0.15, -0.1) is 0 Å². The lowest BCUT2D eigenvalue weighted by atomic mass is 9.87. The number of rotatable bonds is 4. The second-order valence-corrected chi connectivity index (χ2v) is 13.5. The maximum atomic E-state index is 3.75. The maximum Gasteiger partial charge on any atom is 0.0448 e. The zero-order valence-electron chi connectivity index (χ0n) is 12.2. The lowest BCUT2D eigenvalue weighted by Crippen LogP contribution is -2.45. The second kappa shape index (κ2) is 4.81. The summed E-state index contributed by atoms with van der Waals surface area (Å²) in [7, 11) is -0.931. The summed E-state index contributed by atoms with van der Waals surface area (Å²) in [5.74, 6) is 0. The fourth-order valence-electron chi connectivity index (χ4n) is 3.12. The minimum Gasteiger partial charge on any atom is -0.312 e. The summed E-state index contributed by atoms with van der Waals surface area (Å²) < 4.78 is 0. The third-order valence-electron chi connectivity index (χ3n) is 3.56. The molecule has 1 nitrogen and oxygen atoms in total. The molecule has 1 saturated carbocycles. The van der Waals surface area contributed by atoms with Crippen LogP contribution in [0.2, 0.25) is 25.7 Å². The molecule has 2 heteroatoms. The Hall–Kier alpha value is 0.177. The summed E-state index contributed by atoms with van der Waals surface area (Å²) in [4.78, 5) is 0. The standard InChI is InChI=1S/C14H31NSi/c1-13(2,3)15-11-14(9-7-8-10-14)12-16(4,5)6/h15H,7-12H2,1-6H3. The first kappa shape index (κ1) is 14.2. The average Bonchev–Trinajstić information content (AvgIpc) is 2.46. The van der Waals surface area contributed by atoms with E-state index in [0.717, 1.165) is 0 Å². The highest BCUT2D eigenvalue weighted by Crippen LogP contribution is 2.44. The lowest BCUT2D eigenvalue weighted by molar-refractivity contribution is 0.270. The Morgan fingerprint density at radius 1 is 1.06 bits per heavy atom. The van der Waals surface area contributed by atoms with Crippen molar-refractivity contribution >= 4 is 8.07 Å². The van der Waals surface area contributed by atoms with Crippen LogP contribution in [0.1, 0.15) is 46.5 Å². The van der Waals surface area contributed by atoms with Crippen LogP contribution in [0.25, 0.3) is 0 Å². The van der Waals surface area contributed by atoms with Crippen molar-refractivity contribution in [2.24, 2.45) is 5.41 Å². The normalized spacial score (nSPS) is 21.4. The molecular weight excluding hydrogens is 210 g/mol. The molecule has 0 aliphatic heterocycles. The summed E-state index contributed by atoms with van der Waals surface area (Å²) in [6.07, 6.45) is 5.83. The minimum atomic E-state index is -0.931. The van der Waals surface area contributed by atoms with Crippen LogP contribution >= 0.6 is 0 Å². The highest BCUT2D eigenvalue weighted by Gasteiger charge is 2.38. The predicted octanol–water partition coefficient (Wildman–Crippen LogP) is 4.27. The van der Waals surface area contributed by atoms with E-state index in [-0.39, 0.29) is 5.54 Å². The van der Waals surface area contributed by atoms with E-state index in [2.05, 4.69) is 45.7 Å². The molecule has 1 aliphatic rings. The van der Waals surface area contributed by atoms with Crippen LogP contribution in [0.5, 0.6) is 0 Å². The maximum absolute atomic E-state index is 3.75. The Kier molecular flexibility index (Phi) is 4.28. The van der Waals surface area contributed by atoms with E-state index in [4.69, 9.17) is 0 Å². The van der Waals surface area contributed by atoms with Gasteiger partial charge in [-0.25, -0.2) is 0 Å². The van der Waals surface area contributed by atoms with Crippen molar-refractivity contribution in [3.63, 3.8) is 0 Å². The van der Waals surface area contributed by atoms with E-state index >= 15 is 0 Å². The molecule has 0 unspecified atom stereocenters. The van der Waals surface area contributed by atoms with Gasteiger partial charge in [0.2, 0.25) is 0 Å². The van der Waals surface area contributed by atoms with Crippen molar-refractivity contribution < 1.29 is 0 Å². The van der Waals surface area contributed by atoms with Gasteiger partial charge in [-0.05, 0) is 39.0 Å². The van der Waals surface area contributed by atoms with Gasteiger partial charge in [0.05, 0.1) is 0 Å². The quantitative estimate of drug-likeness (QED) is 0.725. The van der Waals surface area contributed by atoms with Gasteiger partial charge >= 0.3 is 0 Å². The second-order valence-electron chi connectivity index (χ2n) is 8.05. The molecule has 1 fully saturated rings. The van der Waals surface area contributed by atoms with E-state index in [9.17, 15) is 0 Å². The van der Waals surface area contributed by atoms with E-state index in [0.29, 0.717) is 5.41 Å². The molecule has 1 N–H and O–H groups in total. The fraction of sp³-hybridized carbons (Fsp3) is 1.00. The first-order valence-electron chi connectivity index (χ1n) is 6.87. The van der Waals surface area contributed by atoms with Crippen molar-refractivity contribution in [2.45, 2.75) is 77.7 Å². The molecule has 96 valence electrons. The van der Waals surface area contributed by atoms with Gasteiger partial charge in [-0.1, -0.05) is 38.5 Å². The van der Waals surface area contributed by atoms with Crippen LogP contribution < -0.4 is 5.32 Å². The van der Waals surface area contributed by atoms with Gasteiger partial charge in [0.25, 0.3) is 0 Å². The Bertz CT molecular complexity index is 216. The fourth-order valence-corrected chi connectivity index (χ4v) is 5.85. The van der Waals surface area contributed by atoms with Gasteiger partial charge in [-0.2, -0.15) is 0 Å². The molecule has 0 aromatic carbocycles. The van der Waals surface area contributed by atoms with E-state index in [1.165, 1.54) is 38.3 Å². The smallest absolute Gasteiger partial charge is 0.0448 e. The van der Waals surface area contributed by atoms with Crippen LogP contribution in [0.3, 0.4) is 0 Å².